The molecule has 0 aliphatic carbocycles. The first kappa shape index (κ1) is 16.6. The Hall–Kier alpha value is -0.740. The van der Waals surface area contributed by atoms with Crippen molar-refractivity contribution in [3.05, 3.63) is 20.5 Å². The molecule has 0 aromatic carbocycles. The van der Waals surface area contributed by atoms with E-state index in [0.29, 0.717) is 17.8 Å². The van der Waals surface area contributed by atoms with Crippen LogP contribution in [0.4, 0.5) is 5.69 Å². The molecule has 0 amide bonds. The van der Waals surface area contributed by atoms with Crippen molar-refractivity contribution in [3.8, 4) is 0 Å². The molecule has 0 radical (unpaired) electrons. The molecule has 2 unspecified atom stereocenters. The molecule has 1 aromatic rings. The molecule has 0 spiro atoms. The molecule has 1 aliphatic heterocycles. The van der Waals surface area contributed by atoms with Crippen LogP contribution in [-0.4, -0.2) is 36.3 Å². The molecule has 1 fully saturated rings. The first-order chi connectivity index (χ1) is 9.78. The van der Waals surface area contributed by atoms with Gasteiger partial charge in [0.2, 0.25) is 0 Å². The van der Waals surface area contributed by atoms with Gasteiger partial charge in [-0.3, -0.25) is 10.1 Å². The fourth-order valence-corrected chi connectivity index (χ4v) is 6.27. The van der Waals surface area contributed by atoms with Gasteiger partial charge in [-0.2, -0.15) is 4.31 Å². The fraction of sp³-hybridized carbons (Fsp3) is 0.636. The van der Waals surface area contributed by atoms with Crippen LogP contribution in [0.3, 0.4) is 0 Å². The van der Waals surface area contributed by atoms with Crippen molar-refractivity contribution < 1.29 is 13.3 Å². The zero-order chi connectivity index (χ0) is 15.8. The molecule has 2 rings (SSSR count). The van der Waals surface area contributed by atoms with E-state index in [1.54, 1.807) is 0 Å². The van der Waals surface area contributed by atoms with Crippen LogP contribution < -0.4 is 5.73 Å². The van der Waals surface area contributed by atoms with E-state index in [-0.39, 0.29) is 32.9 Å². The maximum Gasteiger partial charge on any atom is 0.300 e. The first-order valence-electron chi connectivity index (χ1n) is 6.46. The number of nitro groups is 1. The van der Waals surface area contributed by atoms with Gasteiger partial charge >= 0.3 is 0 Å². The van der Waals surface area contributed by atoms with Crippen LogP contribution in [0.1, 0.15) is 26.2 Å². The summed E-state index contributed by atoms with van der Waals surface area (Å²) >= 11 is 6.47. The summed E-state index contributed by atoms with van der Waals surface area (Å²) in [5.74, 6) is 0. The standard InChI is InChI=1S/C11H16ClN3O4S2/c1-7-3-2-4-8(6-13)14(7)21(18,19)10-5-9(15(16)17)11(12)20-10/h5,7-8H,2-4,6,13H2,1H3. The van der Waals surface area contributed by atoms with Gasteiger partial charge in [-0.1, -0.05) is 18.0 Å². The van der Waals surface area contributed by atoms with Crippen molar-refractivity contribution >= 4 is 38.6 Å². The predicted molar refractivity (Wildman–Crippen MR) is 81.2 cm³/mol. The second-order valence-corrected chi connectivity index (χ2v) is 8.71. The first-order valence-corrected chi connectivity index (χ1v) is 9.09. The summed E-state index contributed by atoms with van der Waals surface area (Å²) in [5.41, 5.74) is 5.30. The molecular weight excluding hydrogens is 338 g/mol. The third-order valence-electron chi connectivity index (χ3n) is 3.60. The van der Waals surface area contributed by atoms with E-state index in [4.69, 9.17) is 17.3 Å². The van der Waals surface area contributed by atoms with Gasteiger partial charge in [0.1, 0.15) is 4.21 Å². The lowest BCUT2D eigenvalue weighted by Gasteiger charge is -2.38. The van der Waals surface area contributed by atoms with Gasteiger partial charge in [-0.05, 0) is 19.8 Å². The predicted octanol–water partition coefficient (Wildman–Crippen LogP) is 2.20. The Morgan fingerprint density at radius 3 is 2.76 bits per heavy atom. The van der Waals surface area contributed by atoms with E-state index in [2.05, 4.69) is 0 Å². The number of nitrogens with zero attached hydrogens (tertiary/aromatic N) is 2. The number of thiophene rings is 1. The molecule has 2 heterocycles. The lowest BCUT2D eigenvalue weighted by Crippen LogP contribution is -2.51. The highest BCUT2D eigenvalue weighted by Gasteiger charge is 2.39. The van der Waals surface area contributed by atoms with Crippen LogP contribution in [0.15, 0.2) is 10.3 Å². The van der Waals surface area contributed by atoms with Gasteiger partial charge in [0.05, 0.1) is 4.92 Å². The van der Waals surface area contributed by atoms with Crippen molar-refractivity contribution in [1.29, 1.82) is 0 Å². The quantitative estimate of drug-likeness (QED) is 0.659. The minimum atomic E-state index is -3.82. The molecule has 1 aliphatic rings. The largest absolute Gasteiger partial charge is 0.329 e. The van der Waals surface area contributed by atoms with Crippen molar-refractivity contribution in [3.63, 3.8) is 0 Å². The van der Waals surface area contributed by atoms with E-state index >= 15 is 0 Å². The minimum Gasteiger partial charge on any atom is -0.329 e. The number of nitrogens with two attached hydrogens (primary N) is 1. The van der Waals surface area contributed by atoms with Gasteiger partial charge in [0.25, 0.3) is 15.7 Å². The zero-order valence-electron chi connectivity index (χ0n) is 11.4. The van der Waals surface area contributed by atoms with Crippen LogP contribution in [0, 0.1) is 10.1 Å². The summed E-state index contributed by atoms with van der Waals surface area (Å²) in [6, 6.07) is 0.563. The third kappa shape index (κ3) is 3.07. The Morgan fingerprint density at radius 2 is 2.24 bits per heavy atom. The van der Waals surface area contributed by atoms with Crippen molar-refractivity contribution in [2.24, 2.45) is 5.73 Å². The lowest BCUT2D eigenvalue weighted by atomic mass is 10.00. The monoisotopic (exact) mass is 353 g/mol. The van der Waals surface area contributed by atoms with Crippen LogP contribution in [-0.2, 0) is 10.0 Å². The minimum absolute atomic E-state index is 0.105. The maximum absolute atomic E-state index is 12.8. The van der Waals surface area contributed by atoms with Crippen LogP contribution in [0.2, 0.25) is 4.34 Å². The highest BCUT2D eigenvalue weighted by Crippen LogP contribution is 2.39. The second kappa shape index (κ2) is 6.17. The summed E-state index contributed by atoms with van der Waals surface area (Å²) in [6.07, 6.45) is 2.36. The van der Waals surface area contributed by atoms with Crippen LogP contribution in [0.25, 0.3) is 0 Å². The number of rotatable bonds is 4. The van der Waals surface area contributed by atoms with E-state index in [9.17, 15) is 18.5 Å². The van der Waals surface area contributed by atoms with Crippen LogP contribution >= 0.6 is 22.9 Å². The fourth-order valence-electron chi connectivity index (χ4n) is 2.61. The molecule has 21 heavy (non-hydrogen) atoms. The molecule has 7 nitrogen and oxygen atoms in total. The van der Waals surface area contributed by atoms with Gasteiger partial charge < -0.3 is 5.73 Å². The Morgan fingerprint density at radius 1 is 1.57 bits per heavy atom. The molecule has 0 bridgehead atoms. The number of hydrogen-bond acceptors (Lipinski definition) is 6. The van der Waals surface area contributed by atoms with E-state index < -0.39 is 14.9 Å². The number of halogens is 1. The Balaban J connectivity index is 2.45. The normalized spacial score (nSPS) is 24.1. The topological polar surface area (TPSA) is 107 Å². The summed E-state index contributed by atoms with van der Waals surface area (Å²) < 4.78 is 26.6. The van der Waals surface area contributed by atoms with Crippen molar-refractivity contribution in [1.82, 2.24) is 4.31 Å². The SMILES string of the molecule is CC1CCCC(CN)N1S(=O)(=O)c1cc([N+](=O)[O-])c(Cl)s1. The average Bonchev–Trinajstić information content (AvgIpc) is 2.81. The smallest absolute Gasteiger partial charge is 0.300 e. The van der Waals surface area contributed by atoms with Crippen molar-refractivity contribution in [2.45, 2.75) is 42.5 Å². The maximum atomic E-state index is 12.8. The second-order valence-electron chi connectivity index (χ2n) is 4.99. The number of piperidine rings is 1. The van der Waals surface area contributed by atoms with Gasteiger partial charge in [0.15, 0.2) is 4.34 Å². The average molecular weight is 354 g/mol. The third-order valence-corrected chi connectivity index (χ3v) is 7.45. The van der Waals surface area contributed by atoms with E-state index in [0.717, 1.165) is 18.9 Å². The number of hydrogen-bond donors (Lipinski definition) is 1. The molecule has 2 atom stereocenters. The molecule has 0 saturated carbocycles. The summed E-state index contributed by atoms with van der Waals surface area (Å²) in [6.45, 7) is 2.05. The van der Waals surface area contributed by atoms with Gasteiger partial charge in [-0.15, -0.1) is 11.3 Å². The molecule has 1 aromatic heterocycles. The molecule has 118 valence electrons. The highest BCUT2D eigenvalue weighted by molar-refractivity contribution is 7.91. The summed E-state index contributed by atoms with van der Waals surface area (Å²) in [4.78, 5) is 10.1. The van der Waals surface area contributed by atoms with Crippen molar-refractivity contribution in [2.75, 3.05) is 6.54 Å². The van der Waals surface area contributed by atoms with E-state index in [1.807, 2.05) is 6.92 Å². The Labute approximate surface area is 131 Å². The Kier molecular flexibility index (Phi) is 4.89. The molecule has 2 N–H and O–H groups in total. The number of sulfonamides is 1. The van der Waals surface area contributed by atoms with Gasteiger partial charge in [-0.25, -0.2) is 8.42 Å². The Bertz CT molecular complexity index is 646. The summed E-state index contributed by atoms with van der Waals surface area (Å²) in [7, 11) is -3.82. The lowest BCUT2D eigenvalue weighted by molar-refractivity contribution is -0.384. The van der Waals surface area contributed by atoms with E-state index in [1.165, 1.54) is 4.31 Å². The molecular formula is C11H16ClN3O4S2. The molecule has 1 saturated heterocycles. The summed E-state index contributed by atoms with van der Waals surface area (Å²) in [5, 5.41) is 10.8. The zero-order valence-corrected chi connectivity index (χ0v) is 13.7. The highest BCUT2D eigenvalue weighted by atomic mass is 35.5. The van der Waals surface area contributed by atoms with Crippen LogP contribution in [0.5, 0.6) is 0 Å². The van der Waals surface area contributed by atoms with Gasteiger partial charge in [0, 0.05) is 24.7 Å². The molecule has 10 heteroatoms.